The zero-order chi connectivity index (χ0) is 18.1. The highest BCUT2D eigenvalue weighted by molar-refractivity contribution is 7.92. The highest BCUT2D eigenvalue weighted by Gasteiger charge is 2.41. The molecule has 0 bridgehead atoms. The maximum Gasteiger partial charge on any atom is 0.244 e. The standard InChI is InChI=1S/C16H20N2O5S2/c17-10-13-4-1-2-6-16(13)25(21,22)18(11-15-5-3-8-23-15)14-7-9-24(19,20)12-14/h1-2,4,6,14-15H,3,5,7-9,11-12H2/t14-,15+/m1/s1. The summed E-state index contributed by atoms with van der Waals surface area (Å²) in [5, 5.41) is 9.24. The van der Waals surface area contributed by atoms with Crippen LogP contribution in [0.15, 0.2) is 29.2 Å². The molecule has 9 heteroatoms. The second-order valence-electron chi connectivity index (χ2n) is 6.37. The van der Waals surface area contributed by atoms with Gasteiger partial charge in [-0.3, -0.25) is 0 Å². The van der Waals surface area contributed by atoms with E-state index in [1.165, 1.54) is 16.4 Å². The predicted octanol–water partition coefficient (Wildman–Crippen LogP) is 0.915. The van der Waals surface area contributed by atoms with Crippen molar-refractivity contribution in [3.63, 3.8) is 0 Å². The summed E-state index contributed by atoms with van der Waals surface area (Å²) < 4.78 is 57.0. The van der Waals surface area contributed by atoms with Gasteiger partial charge in [-0.25, -0.2) is 16.8 Å². The maximum absolute atomic E-state index is 13.2. The van der Waals surface area contributed by atoms with E-state index in [1.807, 2.05) is 6.07 Å². The van der Waals surface area contributed by atoms with Gasteiger partial charge in [0.05, 0.1) is 28.1 Å². The quantitative estimate of drug-likeness (QED) is 0.747. The first kappa shape index (κ1) is 18.3. The Bertz CT molecular complexity index is 883. The second-order valence-corrected chi connectivity index (χ2v) is 10.5. The molecule has 2 heterocycles. The monoisotopic (exact) mass is 384 g/mol. The summed E-state index contributed by atoms with van der Waals surface area (Å²) in [5.41, 5.74) is 0.0562. The first-order chi connectivity index (χ1) is 11.8. The summed E-state index contributed by atoms with van der Waals surface area (Å²) in [5.74, 6) is -0.206. The molecule has 0 saturated carbocycles. The number of benzene rings is 1. The SMILES string of the molecule is N#Cc1ccccc1S(=O)(=O)N(C[C@@H]1CCCO1)[C@@H]1CCS(=O)(=O)C1. The Kier molecular flexibility index (Phi) is 5.16. The number of nitriles is 1. The highest BCUT2D eigenvalue weighted by Crippen LogP contribution is 2.28. The predicted molar refractivity (Wildman–Crippen MR) is 91.1 cm³/mol. The number of sulfonamides is 1. The maximum atomic E-state index is 13.2. The molecule has 0 amide bonds. The van der Waals surface area contributed by atoms with Crippen molar-refractivity contribution in [2.45, 2.75) is 36.3 Å². The van der Waals surface area contributed by atoms with E-state index in [0.29, 0.717) is 6.61 Å². The van der Waals surface area contributed by atoms with Gasteiger partial charge in [0.2, 0.25) is 10.0 Å². The summed E-state index contributed by atoms with van der Waals surface area (Å²) in [4.78, 5) is -0.0835. The van der Waals surface area contributed by atoms with Crippen LogP contribution in [0.5, 0.6) is 0 Å². The smallest absolute Gasteiger partial charge is 0.244 e. The van der Waals surface area contributed by atoms with Gasteiger partial charge >= 0.3 is 0 Å². The Labute approximate surface area is 148 Å². The second kappa shape index (κ2) is 7.03. The first-order valence-electron chi connectivity index (χ1n) is 8.16. The topological polar surface area (TPSA) is 105 Å². The molecule has 2 aliphatic rings. The van der Waals surface area contributed by atoms with Gasteiger partial charge in [-0.15, -0.1) is 0 Å². The van der Waals surface area contributed by atoms with Crippen LogP contribution >= 0.6 is 0 Å². The minimum absolute atomic E-state index is 0.0187. The van der Waals surface area contributed by atoms with Crippen molar-refractivity contribution in [1.29, 1.82) is 5.26 Å². The van der Waals surface area contributed by atoms with E-state index in [4.69, 9.17) is 4.74 Å². The molecule has 7 nitrogen and oxygen atoms in total. The van der Waals surface area contributed by atoms with Crippen LogP contribution in [-0.2, 0) is 24.6 Å². The van der Waals surface area contributed by atoms with Crippen LogP contribution in [0, 0.1) is 11.3 Å². The van der Waals surface area contributed by atoms with Gasteiger partial charge < -0.3 is 4.74 Å². The molecule has 2 aliphatic heterocycles. The van der Waals surface area contributed by atoms with Crippen LogP contribution < -0.4 is 0 Å². The van der Waals surface area contributed by atoms with Gasteiger partial charge in [-0.1, -0.05) is 12.1 Å². The summed E-state index contributed by atoms with van der Waals surface area (Å²) in [6.45, 7) is 0.693. The van der Waals surface area contributed by atoms with Crippen LogP contribution in [-0.4, -0.2) is 57.9 Å². The van der Waals surface area contributed by atoms with Crippen molar-refractivity contribution in [2.75, 3.05) is 24.7 Å². The molecule has 0 aliphatic carbocycles. The molecule has 2 atom stereocenters. The van der Waals surface area contributed by atoms with Crippen molar-refractivity contribution in [2.24, 2.45) is 0 Å². The van der Waals surface area contributed by atoms with E-state index in [0.717, 1.165) is 12.8 Å². The summed E-state index contributed by atoms with van der Waals surface area (Å²) in [6.07, 6.45) is 1.62. The molecule has 0 unspecified atom stereocenters. The van der Waals surface area contributed by atoms with Gasteiger partial charge in [0, 0.05) is 19.2 Å². The molecule has 0 aromatic heterocycles. The minimum atomic E-state index is -4.00. The lowest BCUT2D eigenvalue weighted by Crippen LogP contribution is -2.45. The van der Waals surface area contributed by atoms with Crippen molar-refractivity contribution in [1.82, 2.24) is 4.31 Å². The molecule has 0 N–H and O–H groups in total. The average Bonchev–Trinajstić information content (AvgIpc) is 3.21. The molecule has 1 aromatic carbocycles. The molecule has 0 radical (unpaired) electrons. The Morgan fingerprint density at radius 1 is 1.28 bits per heavy atom. The van der Waals surface area contributed by atoms with Gasteiger partial charge in [0.15, 0.2) is 9.84 Å². The van der Waals surface area contributed by atoms with Crippen molar-refractivity contribution >= 4 is 19.9 Å². The Morgan fingerprint density at radius 2 is 2.04 bits per heavy atom. The van der Waals surface area contributed by atoms with Gasteiger partial charge in [0.25, 0.3) is 0 Å². The molecular formula is C16H20N2O5S2. The molecule has 25 heavy (non-hydrogen) atoms. The Hall–Kier alpha value is -1.47. The van der Waals surface area contributed by atoms with E-state index >= 15 is 0 Å². The molecular weight excluding hydrogens is 364 g/mol. The van der Waals surface area contributed by atoms with Gasteiger partial charge in [-0.2, -0.15) is 9.57 Å². The van der Waals surface area contributed by atoms with Crippen LogP contribution in [0.3, 0.4) is 0 Å². The highest BCUT2D eigenvalue weighted by atomic mass is 32.2. The number of hydrogen-bond donors (Lipinski definition) is 0. The molecule has 136 valence electrons. The van der Waals surface area contributed by atoms with Crippen molar-refractivity contribution < 1.29 is 21.6 Å². The molecule has 2 fully saturated rings. The van der Waals surface area contributed by atoms with Crippen LogP contribution in [0.4, 0.5) is 0 Å². The third kappa shape index (κ3) is 3.87. The lowest BCUT2D eigenvalue weighted by molar-refractivity contribution is 0.0877. The van der Waals surface area contributed by atoms with Gasteiger partial charge in [-0.05, 0) is 31.4 Å². The number of sulfone groups is 1. The fourth-order valence-corrected chi connectivity index (χ4v) is 7.00. The van der Waals surface area contributed by atoms with E-state index in [-0.39, 0.29) is 41.0 Å². The van der Waals surface area contributed by atoms with Crippen LogP contribution in [0.25, 0.3) is 0 Å². The first-order valence-corrected chi connectivity index (χ1v) is 11.4. The largest absolute Gasteiger partial charge is 0.377 e. The number of nitrogens with zero attached hydrogens (tertiary/aromatic N) is 2. The molecule has 2 saturated heterocycles. The number of ether oxygens (including phenoxy) is 1. The minimum Gasteiger partial charge on any atom is -0.377 e. The van der Waals surface area contributed by atoms with Gasteiger partial charge in [0.1, 0.15) is 6.07 Å². The van der Waals surface area contributed by atoms with Crippen molar-refractivity contribution in [3.8, 4) is 6.07 Å². The van der Waals surface area contributed by atoms with E-state index in [2.05, 4.69) is 0 Å². The van der Waals surface area contributed by atoms with E-state index in [1.54, 1.807) is 12.1 Å². The third-order valence-electron chi connectivity index (χ3n) is 4.62. The van der Waals surface area contributed by atoms with Crippen molar-refractivity contribution in [3.05, 3.63) is 29.8 Å². The fourth-order valence-electron chi connectivity index (χ4n) is 3.35. The molecule has 0 spiro atoms. The van der Waals surface area contributed by atoms with E-state index in [9.17, 15) is 22.1 Å². The van der Waals surface area contributed by atoms with E-state index < -0.39 is 25.9 Å². The molecule has 1 aromatic rings. The zero-order valence-corrected chi connectivity index (χ0v) is 15.3. The average molecular weight is 384 g/mol. The third-order valence-corrected chi connectivity index (χ3v) is 8.34. The Balaban J connectivity index is 1.99. The summed E-state index contributed by atoms with van der Waals surface area (Å²) in [6, 6.07) is 7.28. The summed E-state index contributed by atoms with van der Waals surface area (Å²) in [7, 11) is -7.24. The van der Waals surface area contributed by atoms with Crippen LogP contribution in [0.1, 0.15) is 24.8 Å². The number of rotatable bonds is 5. The normalized spacial score (nSPS) is 25.9. The lowest BCUT2D eigenvalue weighted by Gasteiger charge is -2.29. The fraction of sp³-hybridized carbons (Fsp3) is 0.562. The summed E-state index contributed by atoms with van der Waals surface area (Å²) >= 11 is 0. The Morgan fingerprint density at radius 3 is 2.64 bits per heavy atom. The number of hydrogen-bond acceptors (Lipinski definition) is 6. The lowest BCUT2D eigenvalue weighted by atomic mass is 10.2. The molecule has 3 rings (SSSR count). The zero-order valence-electron chi connectivity index (χ0n) is 13.7. The van der Waals surface area contributed by atoms with Crippen LogP contribution in [0.2, 0.25) is 0 Å².